The summed E-state index contributed by atoms with van der Waals surface area (Å²) in [6, 6.07) is 2.07. The topological polar surface area (TPSA) is 34.9 Å². The Morgan fingerprint density at radius 2 is 2.00 bits per heavy atom. The Morgan fingerprint density at radius 1 is 1.36 bits per heavy atom. The third-order valence-corrected chi connectivity index (χ3v) is 2.66. The van der Waals surface area contributed by atoms with Crippen molar-refractivity contribution in [1.29, 1.82) is 0 Å². The lowest BCUT2D eigenvalue weighted by molar-refractivity contribution is 0.557. The molecule has 0 bridgehead atoms. The molecule has 0 saturated carbocycles. The maximum Gasteiger partial charge on any atom is 0.348 e. The Labute approximate surface area is 88.6 Å². The second kappa shape index (κ2) is 4.64. The highest BCUT2D eigenvalue weighted by atomic mass is 32.2. The monoisotopic (exact) mass is 212 g/mol. The molecule has 0 radical (unpaired) electrons. The first-order chi connectivity index (χ1) is 6.50. The standard InChI is InChI=1S/C10H16N2OS/c1-7(2)12-6-5-9(11-10(12)13)14-8(3)4/h5-8H,1-4H3. The zero-order chi connectivity index (χ0) is 10.7. The van der Waals surface area contributed by atoms with Crippen LogP contribution in [0.4, 0.5) is 0 Å². The van der Waals surface area contributed by atoms with Gasteiger partial charge in [-0.1, -0.05) is 13.8 Å². The Morgan fingerprint density at radius 3 is 2.43 bits per heavy atom. The van der Waals surface area contributed by atoms with Crippen molar-refractivity contribution in [3.05, 3.63) is 22.7 Å². The summed E-state index contributed by atoms with van der Waals surface area (Å²) < 4.78 is 1.63. The van der Waals surface area contributed by atoms with Crippen LogP contribution in [0, 0.1) is 0 Å². The normalized spacial score (nSPS) is 11.3. The summed E-state index contributed by atoms with van der Waals surface area (Å²) in [5.74, 6) is 0. The predicted octanol–water partition coefficient (Wildman–Crippen LogP) is 2.32. The van der Waals surface area contributed by atoms with E-state index < -0.39 is 0 Å². The molecule has 0 fully saturated rings. The lowest BCUT2D eigenvalue weighted by Gasteiger charge is -2.09. The molecule has 1 aromatic rings. The maximum absolute atomic E-state index is 11.5. The molecule has 0 amide bonds. The van der Waals surface area contributed by atoms with E-state index in [-0.39, 0.29) is 11.7 Å². The first kappa shape index (κ1) is 11.3. The smallest absolute Gasteiger partial charge is 0.297 e. The molecule has 3 nitrogen and oxygen atoms in total. The number of hydrogen-bond acceptors (Lipinski definition) is 3. The van der Waals surface area contributed by atoms with Crippen molar-refractivity contribution < 1.29 is 0 Å². The van der Waals surface area contributed by atoms with Crippen molar-refractivity contribution in [2.24, 2.45) is 0 Å². The number of rotatable bonds is 3. The van der Waals surface area contributed by atoms with Gasteiger partial charge in [0.1, 0.15) is 5.03 Å². The van der Waals surface area contributed by atoms with E-state index in [1.807, 2.05) is 26.1 Å². The molecular formula is C10H16N2OS. The number of aromatic nitrogens is 2. The average molecular weight is 212 g/mol. The van der Waals surface area contributed by atoms with Gasteiger partial charge in [0.15, 0.2) is 0 Å². The summed E-state index contributed by atoms with van der Waals surface area (Å²) in [5, 5.41) is 1.26. The van der Waals surface area contributed by atoms with Gasteiger partial charge in [0.05, 0.1) is 0 Å². The van der Waals surface area contributed by atoms with Crippen LogP contribution in [0.2, 0.25) is 0 Å². The second-order valence-corrected chi connectivity index (χ2v) is 5.31. The van der Waals surface area contributed by atoms with Gasteiger partial charge in [-0.05, 0) is 19.9 Å². The average Bonchev–Trinajstić information content (AvgIpc) is 2.01. The van der Waals surface area contributed by atoms with E-state index in [1.54, 1.807) is 16.3 Å². The molecule has 0 saturated heterocycles. The Balaban J connectivity index is 2.95. The van der Waals surface area contributed by atoms with Crippen molar-refractivity contribution in [1.82, 2.24) is 9.55 Å². The van der Waals surface area contributed by atoms with Gasteiger partial charge in [-0.3, -0.25) is 4.57 Å². The van der Waals surface area contributed by atoms with E-state index in [1.165, 1.54) is 0 Å². The molecule has 0 aliphatic rings. The van der Waals surface area contributed by atoms with Crippen LogP contribution < -0.4 is 5.69 Å². The lowest BCUT2D eigenvalue weighted by atomic mass is 10.4. The molecule has 4 heteroatoms. The summed E-state index contributed by atoms with van der Waals surface area (Å²) in [7, 11) is 0. The molecule has 0 aromatic carbocycles. The zero-order valence-corrected chi connectivity index (χ0v) is 9.84. The molecular weight excluding hydrogens is 196 g/mol. The van der Waals surface area contributed by atoms with E-state index in [4.69, 9.17) is 0 Å². The Bertz CT molecular complexity index is 357. The van der Waals surface area contributed by atoms with Crippen molar-refractivity contribution in [3.8, 4) is 0 Å². The van der Waals surface area contributed by atoms with E-state index in [9.17, 15) is 4.79 Å². The first-order valence-corrected chi connectivity index (χ1v) is 5.64. The zero-order valence-electron chi connectivity index (χ0n) is 9.02. The molecule has 1 rings (SSSR count). The molecule has 0 spiro atoms. The van der Waals surface area contributed by atoms with E-state index >= 15 is 0 Å². The van der Waals surface area contributed by atoms with Crippen molar-refractivity contribution in [2.75, 3.05) is 0 Å². The molecule has 0 N–H and O–H groups in total. The van der Waals surface area contributed by atoms with Gasteiger partial charge in [-0.25, -0.2) is 4.79 Å². The third kappa shape index (κ3) is 2.87. The van der Waals surface area contributed by atoms with Crippen LogP contribution in [-0.2, 0) is 0 Å². The summed E-state index contributed by atoms with van der Waals surface area (Å²) in [6.45, 7) is 8.11. The second-order valence-electron chi connectivity index (χ2n) is 3.72. The van der Waals surface area contributed by atoms with Gasteiger partial charge in [0.25, 0.3) is 0 Å². The summed E-state index contributed by atoms with van der Waals surface area (Å²) in [5.41, 5.74) is -0.161. The molecule has 0 unspecified atom stereocenters. The van der Waals surface area contributed by atoms with Crippen LogP contribution in [-0.4, -0.2) is 14.8 Å². The van der Waals surface area contributed by atoms with Gasteiger partial charge in [-0.2, -0.15) is 4.98 Å². The summed E-state index contributed by atoms with van der Waals surface area (Å²) >= 11 is 1.61. The SMILES string of the molecule is CC(C)Sc1ccn(C(C)C)c(=O)n1. The molecule has 1 aromatic heterocycles. The van der Waals surface area contributed by atoms with Gasteiger partial charge >= 0.3 is 5.69 Å². The maximum atomic E-state index is 11.5. The largest absolute Gasteiger partial charge is 0.348 e. The number of hydrogen-bond donors (Lipinski definition) is 0. The van der Waals surface area contributed by atoms with Gasteiger partial charge in [-0.15, -0.1) is 11.8 Å². The van der Waals surface area contributed by atoms with Crippen LogP contribution in [0.5, 0.6) is 0 Å². The highest BCUT2D eigenvalue weighted by Crippen LogP contribution is 2.18. The first-order valence-electron chi connectivity index (χ1n) is 4.76. The van der Waals surface area contributed by atoms with Crippen molar-refractivity contribution in [3.63, 3.8) is 0 Å². The quantitative estimate of drug-likeness (QED) is 0.569. The fraction of sp³-hybridized carbons (Fsp3) is 0.600. The fourth-order valence-electron chi connectivity index (χ4n) is 1.10. The third-order valence-electron chi connectivity index (χ3n) is 1.72. The Hall–Kier alpha value is -0.770. The number of nitrogens with zero attached hydrogens (tertiary/aromatic N) is 2. The van der Waals surface area contributed by atoms with Crippen molar-refractivity contribution in [2.45, 2.75) is 44.0 Å². The van der Waals surface area contributed by atoms with E-state index in [0.29, 0.717) is 5.25 Å². The minimum Gasteiger partial charge on any atom is -0.297 e. The summed E-state index contributed by atoms with van der Waals surface area (Å²) in [6.07, 6.45) is 1.81. The van der Waals surface area contributed by atoms with Crippen molar-refractivity contribution >= 4 is 11.8 Å². The molecule has 0 aliphatic heterocycles. The van der Waals surface area contributed by atoms with Crippen LogP contribution in [0.3, 0.4) is 0 Å². The summed E-state index contributed by atoms with van der Waals surface area (Å²) in [4.78, 5) is 15.5. The van der Waals surface area contributed by atoms with Crippen LogP contribution >= 0.6 is 11.8 Å². The van der Waals surface area contributed by atoms with Crippen LogP contribution in [0.1, 0.15) is 33.7 Å². The van der Waals surface area contributed by atoms with E-state index in [0.717, 1.165) is 5.03 Å². The molecule has 14 heavy (non-hydrogen) atoms. The fourth-order valence-corrected chi connectivity index (χ4v) is 1.85. The molecule has 0 atom stereocenters. The highest BCUT2D eigenvalue weighted by molar-refractivity contribution is 7.99. The van der Waals surface area contributed by atoms with Gasteiger partial charge in [0.2, 0.25) is 0 Å². The highest BCUT2D eigenvalue weighted by Gasteiger charge is 2.04. The molecule has 1 heterocycles. The predicted molar refractivity (Wildman–Crippen MR) is 59.9 cm³/mol. The van der Waals surface area contributed by atoms with Crippen LogP contribution in [0.25, 0.3) is 0 Å². The van der Waals surface area contributed by atoms with Crippen LogP contribution in [0.15, 0.2) is 22.1 Å². The Kier molecular flexibility index (Phi) is 3.75. The van der Waals surface area contributed by atoms with E-state index in [2.05, 4.69) is 18.8 Å². The minimum absolute atomic E-state index is 0.161. The molecule has 0 aliphatic carbocycles. The minimum atomic E-state index is -0.161. The van der Waals surface area contributed by atoms with Gasteiger partial charge in [0, 0.05) is 17.5 Å². The van der Waals surface area contributed by atoms with Gasteiger partial charge < -0.3 is 0 Å². The lowest BCUT2D eigenvalue weighted by Crippen LogP contribution is -2.24. The number of thioether (sulfide) groups is 1. The molecule has 78 valence electrons.